The number of thioether (sulfide) groups is 1. The summed E-state index contributed by atoms with van der Waals surface area (Å²) >= 11 is 7.31. The zero-order valence-electron chi connectivity index (χ0n) is 16.2. The molecule has 1 fully saturated rings. The first-order valence-electron chi connectivity index (χ1n) is 9.35. The van der Waals surface area contributed by atoms with Gasteiger partial charge in [0.25, 0.3) is 0 Å². The Kier molecular flexibility index (Phi) is 7.17. The molecule has 1 aliphatic rings. The van der Waals surface area contributed by atoms with Crippen LogP contribution in [0.2, 0.25) is 5.02 Å². The van der Waals surface area contributed by atoms with E-state index >= 15 is 0 Å². The van der Waals surface area contributed by atoms with E-state index < -0.39 is 5.25 Å². The van der Waals surface area contributed by atoms with E-state index in [2.05, 4.69) is 10.3 Å². The molecule has 0 aromatic heterocycles. The Morgan fingerprint density at radius 3 is 2.79 bits per heavy atom. The standard InChI is InChI=1S/C21H22ClN3O3S/c1-3-25-19(26)13-18(29-21(25)24-15-8-5-7-14(22)11-15)20(27)23-16-9-6-10-17(12-16)28-4-2/h5-12,18H,3-4,13H2,1-2H3,(H,23,27)/t18-/m0/s1. The van der Waals surface area contributed by atoms with Gasteiger partial charge in [-0.2, -0.15) is 0 Å². The first-order valence-corrected chi connectivity index (χ1v) is 10.6. The smallest absolute Gasteiger partial charge is 0.238 e. The third kappa shape index (κ3) is 5.52. The number of ether oxygens (including phenoxy) is 1. The van der Waals surface area contributed by atoms with E-state index in [0.717, 1.165) is 0 Å². The fourth-order valence-corrected chi connectivity index (χ4v) is 4.21. The van der Waals surface area contributed by atoms with E-state index in [4.69, 9.17) is 16.3 Å². The number of rotatable bonds is 6. The molecular weight excluding hydrogens is 410 g/mol. The molecule has 1 N–H and O–H groups in total. The number of amidine groups is 1. The van der Waals surface area contributed by atoms with Crippen molar-refractivity contribution in [3.8, 4) is 5.75 Å². The fourth-order valence-electron chi connectivity index (χ4n) is 2.86. The minimum atomic E-state index is -0.570. The van der Waals surface area contributed by atoms with Crippen LogP contribution in [0, 0.1) is 0 Å². The first-order chi connectivity index (χ1) is 14.0. The lowest BCUT2D eigenvalue weighted by Crippen LogP contribution is -2.45. The molecule has 1 saturated heterocycles. The van der Waals surface area contributed by atoms with Crippen molar-refractivity contribution in [2.24, 2.45) is 4.99 Å². The third-order valence-electron chi connectivity index (χ3n) is 4.19. The Morgan fingerprint density at radius 1 is 1.28 bits per heavy atom. The predicted octanol–water partition coefficient (Wildman–Crippen LogP) is 4.72. The van der Waals surface area contributed by atoms with Gasteiger partial charge in [0.2, 0.25) is 11.8 Å². The molecule has 6 nitrogen and oxygen atoms in total. The lowest BCUT2D eigenvalue weighted by Gasteiger charge is -2.30. The molecule has 8 heteroatoms. The molecule has 2 aromatic carbocycles. The van der Waals surface area contributed by atoms with E-state index in [0.29, 0.717) is 40.5 Å². The van der Waals surface area contributed by atoms with Crippen molar-refractivity contribution in [2.75, 3.05) is 18.5 Å². The van der Waals surface area contributed by atoms with Crippen molar-refractivity contribution in [1.82, 2.24) is 4.90 Å². The van der Waals surface area contributed by atoms with Gasteiger partial charge in [-0.05, 0) is 44.2 Å². The van der Waals surface area contributed by atoms with Crippen LogP contribution in [0.3, 0.4) is 0 Å². The monoisotopic (exact) mass is 431 g/mol. The second-order valence-corrected chi connectivity index (χ2v) is 7.88. The van der Waals surface area contributed by atoms with E-state index in [-0.39, 0.29) is 18.2 Å². The van der Waals surface area contributed by atoms with Crippen LogP contribution in [0.1, 0.15) is 20.3 Å². The predicted molar refractivity (Wildman–Crippen MR) is 118 cm³/mol. The number of hydrogen-bond acceptors (Lipinski definition) is 5. The molecule has 1 heterocycles. The van der Waals surface area contributed by atoms with Gasteiger partial charge in [-0.1, -0.05) is 35.5 Å². The van der Waals surface area contributed by atoms with Crippen LogP contribution >= 0.6 is 23.4 Å². The second kappa shape index (κ2) is 9.80. The van der Waals surface area contributed by atoms with Gasteiger partial charge < -0.3 is 10.1 Å². The second-order valence-electron chi connectivity index (χ2n) is 6.27. The highest BCUT2D eigenvalue weighted by Crippen LogP contribution is 2.30. The molecule has 0 radical (unpaired) electrons. The van der Waals surface area contributed by atoms with Gasteiger partial charge in [-0.15, -0.1) is 0 Å². The number of carbonyl (C=O) groups is 2. The lowest BCUT2D eigenvalue weighted by molar-refractivity contribution is -0.129. The average Bonchev–Trinajstić information content (AvgIpc) is 2.68. The molecule has 3 rings (SSSR count). The molecule has 0 unspecified atom stereocenters. The molecule has 0 saturated carbocycles. The number of benzene rings is 2. The summed E-state index contributed by atoms with van der Waals surface area (Å²) in [4.78, 5) is 31.6. The molecule has 0 bridgehead atoms. The number of halogens is 1. The summed E-state index contributed by atoms with van der Waals surface area (Å²) in [6, 6.07) is 14.3. The lowest BCUT2D eigenvalue weighted by atomic mass is 10.2. The Labute approximate surface area is 179 Å². The molecule has 1 atom stereocenters. The van der Waals surface area contributed by atoms with Gasteiger partial charge in [-0.3, -0.25) is 14.5 Å². The summed E-state index contributed by atoms with van der Waals surface area (Å²) in [6.07, 6.45) is 0.115. The highest BCUT2D eigenvalue weighted by molar-refractivity contribution is 8.15. The minimum absolute atomic E-state index is 0.115. The van der Waals surface area contributed by atoms with Crippen molar-refractivity contribution in [1.29, 1.82) is 0 Å². The maximum Gasteiger partial charge on any atom is 0.238 e. The van der Waals surface area contributed by atoms with E-state index in [1.54, 1.807) is 41.3 Å². The fraction of sp³-hybridized carbons (Fsp3) is 0.286. The van der Waals surface area contributed by atoms with Gasteiger partial charge in [0.15, 0.2) is 5.17 Å². The van der Waals surface area contributed by atoms with Gasteiger partial charge in [-0.25, -0.2) is 4.99 Å². The quantitative estimate of drug-likeness (QED) is 0.718. The maximum absolute atomic E-state index is 12.8. The minimum Gasteiger partial charge on any atom is -0.494 e. The largest absolute Gasteiger partial charge is 0.494 e. The van der Waals surface area contributed by atoms with Gasteiger partial charge in [0.05, 0.1) is 12.3 Å². The molecule has 2 amide bonds. The zero-order valence-corrected chi connectivity index (χ0v) is 17.8. The van der Waals surface area contributed by atoms with E-state index in [9.17, 15) is 9.59 Å². The van der Waals surface area contributed by atoms with Crippen LogP contribution < -0.4 is 10.1 Å². The van der Waals surface area contributed by atoms with E-state index in [1.807, 2.05) is 26.0 Å². The Hall–Kier alpha value is -2.51. The Balaban J connectivity index is 1.78. The van der Waals surface area contributed by atoms with Crippen LogP contribution in [0.15, 0.2) is 53.5 Å². The van der Waals surface area contributed by atoms with Crippen molar-refractivity contribution >= 4 is 51.7 Å². The molecule has 0 aliphatic carbocycles. The van der Waals surface area contributed by atoms with Crippen molar-refractivity contribution in [3.63, 3.8) is 0 Å². The van der Waals surface area contributed by atoms with E-state index in [1.165, 1.54) is 11.8 Å². The highest BCUT2D eigenvalue weighted by Gasteiger charge is 2.35. The number of hydrogen-bond donors (Lipinski definition) is 1. The first kappa shape index (κ1) is 21.2. The molecule has 1 aliphatic heterocycles. The van der Waals surface area contributed by atoms with Crippen LogP contribution in [0.4, 0.5) is 11.4 Å². The normalized spacial score (nSPS) is 18.0. The van der Waals surface area contributed by atoms with Crippen LogP contribution in [0.25, 0.3) is 0 Å². The Morgan fingerprint density at radius 2 is 2.07 bits per heavy atom. The van der Waals surface area contributed by atoms with Gasteiger partial charge in [0.1, 0.15) is 11.0 Å². The molecular formula is C21H22ClN3O3S. The van der Waals surface area contributed by atoms with Crippen LogP contribution in [0.5, 0.6) is 5.75 Å². The molecule has 2 aromatic rings. The zero-order chi connectivity index (χ0) is 20.8. The van der Waals surface area contributed by atoms with Crippen molar-refractivity contribution in [2.45, 2.75) is 25.5 Å². The third-order valence-corrected chi connectivity index (χ3v) is 5.62. The number of carbonyl (C=O) groups excluding carboxylic acids is 2. The Bertz CT molecular complexity index is 935. The maximum atomic E-state index is 12.8. The van der Waals surface area contributed by atoms with Crippen LogP contribution in [-0.2, 0) is 9.59 Å². The summed E-state index contributed by atoms with van der Waals surface area (Å²) in [7, 11) is 0. The van der Waals surface area contributed by atoms with Crippen LogP contribution in [-0.4, -0.2) is 40.3 Å². The topological polar surface area (TPSA) is 71.0 Å². The van der Waals surface area contributed by atoms with Gasteiger partial charge in [0, 0.05) is 29.7 Å². The van der Waals surface area contributed by atoms with Crippen molar-refractivity contribution in [3.05, 3.63) is 53.6 Å². The molecule has 0 spiro atoms. The van der Waals surface area contributed by atoms with Gasteiger partial charge >= 0.3 is 0 Å². The summed E-state index contributed by atoms with van der Waals surface area (Å²) in [5.74, 6) is 0.305. The SMILES string of the molecule is CCOc1cccc(NC(=O)[C@@H]2CC(=O)N(CC)C(=Nc3cccc(Cl)c3)S2)c1. The summed E-state index contributed by atoms with van der Waals surface area (Å²) < 4.78 is 5.47. The number of amides is 2. The number of nitrogens with one attached hydrogen (secondary N) is 1. The molecule has 29 heavy (non-hydrogen) atoms. The summed E-state index contributed by atoms with van der Waals surface area (Å²) in [6.45, 7) is 4.80. The highest BCUT2D eigenvalue weighted by atomic mass is 35.5. The number of aliphatic imine (C=N–C) groups is 1. The summed E-state index contributed by atoms with van der Waals surface area (Å²) in [5.41, 5.74) is 1.26. The summed E-state index contributed by atoms with van der Waals surface area (Å²) in [5, 5.41) is 3.36. The number of anilines is 1. The average molecular weight is 432 g/mol. The van der Waals surface area contributed by atoms with Crippen molar-refractivity contribution < 1.29 is 14.3 Å². The number of nitrogens with zero attached hydrogens (tertiary/aromatic N) is 2. The molecule has 152 valence electrons.